The third kappa shape index (κ3) is 4.12. The summed E-state index contributed by atoms with van der Waals surface area (Å²) >= 11 is 12.7. The topological polar surface area (TPSA) is 15.3 Å². The largest absolute Gasteiger partial charge is 0.315 e. The summed E-state index contributed by atoms with van der Waals surface area (Å²) in [5, 5.41) is 4.90. The molecule has 0 amide bonds. The number of nitrogens with one attached hydrogen (secondary N) is 1. The van der Waals surface area contributed by atoms with E-state index in [-0.39, 0.29) is 6.04 Å². The van der Waals surface area contributed by atoms with E-state index in [4.69, 9.17) is 23.2 Å². The van der Waals surface area contributed by atoms with Gasteiger partial charge in [-0.05, 0) is 48.2 Å². The minimum atomic E-state index is 0.167. The van der Waals surface area contributed by atoms with Gasteiger partial charge >= 0.3 is 0 Å². The van der Waals surface area contributed by atoms with Crippen molar-refractivity contribution in [1.82, 2.24) is 10.2 Å². The van der Waals surface area contributed by atoms with Crippen LogP contribution < -0.4 is 5.32 Å². The molecule has 1 unspecified atom stereocenters. The Kier molecular flexibility index (Phi) is 6.18. The highest BCUT2D eigenvalue weighted by molar-refractivity contribution is 6.35. The van der Waals surface area contributed by atoms with Crippen LogP contribution in [0.2, 0.25) is 10.0 Å². The Balaban J connectivity index is 2.01. The van der Waals surface area contributed by atoms with Crippen LogP contribution >= 0.6 is 23.2 Å². The van der Waals surface area contributed by atoms with Gasteiger partial charge in [-0.2, -0.15) is 0 Å². The van der Waals surface area contributed by atoms with Gasteiger partial charge in [-0.3, -0.25) is 4.90 Å². The summed E-state index contributed by atoms with van der Waals surface area (Å²) < 4.78 is 0. The molecule has 1 fully saturated rings. The molecule has 1 aliphatic heterocycles. The zero-order valence-electron chi connectivity index (χ0n) is 14.1. The summed E-state index contributed by atoms with van der Waals surface area (Å²) in [6.45, 7) is 6.34. The van der Waals surface area contributed by atoms with Crippen molar-refractivity contribution in [2.24, 2.45) is 0 Å². The molecule has 128 valence electrons. The Hall–Kier alpha value is -1.06. The van der Waals surface area contributed by atoms with E-state index in [0.29, 0.717) is 5.02 Å². The summed E-state index contributed by atoms with van der Waals surface area (Å²) in [4.78, 5) is 2.52. The number of hydrogen-bond acceptors (Lipinski definition) is 2. The van der Waals surface area contributed by atoms with Gasteiger partial charge in [-0.1, -0.05) is 60.5 Å². The van der Waals surface area contributed by atoms with Crippen molar-refractivity contribution in [3.8, 4) is 0 Å². The Morgan fingerprint density at radius 1 is 1.04 bits per heavy atom. The molecule has 1 saturated heterocycles. The zero-order chi connectivity index (χ0) is 16.9. The Morgan fingerprint density at radius 2 is 1.83 bits per heavy atom. The Morgan fingerprint density at radius 3 is 2.54 bits per heavy atom. The first-order valence-electron chi connectivity index (χ1n) is 8.67. The van der Waals surface area contributed by atoms with Crippen molar-refractivity contribution in [2.45, 2.75) is 25.8 Å². The maximum Gasteiger partial charge on any atom is 0.0616 e. The molecule has 1 aliphatic rings. The van der Waals surface area contributed by atoms with Crippen LogP contribution in [0.4, 0.5) is 0 Å². The fraction of sp³-hybridized carbons (Fsp3) is 0.400. The third-order valence-corrected chi connectivity index (χ3v) is 5.26. The highest BCUT2D eigenvalue weighted by Gasteiger charge is 2.25. The zero-order valence-corrected chi connectivity index (χ0v) is 15.6. The van der Waals surface area contributed by atoms with Gasteiger partial charge in [-0.25, -0.2) is 0 Å². The van der Waals surface area contributed by atoms with Gasteiger partial charge in [0, 0.05) is 29.7 Å². The van der Waals surface area contributed by atoms with Crippen molar-refractivity contribution >= 4 is 23.2 Å². The molecule has 24 heavy (non-hydrogen) atoms. The number of hydrogen-bond donors (Lipinski definition) is 1. The molecule has 2 aromatic carbocycles. The van der Waals surface area contributed by atoms with Crippen LogP contribution in [0.5, 0.6) is 0 Å². The molecular formula is C20H24Cl2N2. The molecule has 0 spiro atoms. The fourth-order valence-corrected chi connectivity index (χ4v) is 3.88. The van der Waals surface area contributed by atoms with E-state index in [1.54, 1.807) is 0 Å². The van der Waals surface area contributed by atoms with Gasteiger partial charge in [0.1, 0.15) is 0 Å². The maximum absolute atomic E-state index is 6.57. The summed E-state index contributed by atoms with van der Waals surface area (Å²) in [6.07, 6.45) is 2.20. The van der Waals surface area contributed by atoms with Crippen LogP contribution in [0.15, 0.2) is 42.5 Å². The van der Waals surface area contributed by atoms with Gasteiger partial charge in [0.05, 0.1) is 6.04 Å². The lowest BCUT2D eigenvalue weighted by atomic mass is 9.95. The predicted octanol–water partition coefficient (Wildman–Crippen LogP) is 4.94. The number of aryl methyl sites for hydroxylation is 1. The molecule has 0 saturated carbocycles. The van der Waals surface area contributed by atoms with Crippen LogP contribution in [0, 0.1) is 0 Å². The summed E-state index contributed by atoms with van der Waals surface area (Å²) in [7, 11) is 0. The Bertz CT molecular complexity index is 662. The lowest BCUT2D eigenvalue weighted by Gasteiger charge is -2.32. The maximum atomic E-state index is 6.57. The van der Waals surface area contributed by atoms with E-state index in [2.05, 4.69) is 47.5 Å². The van der Waals surface area contributed by atoms with Crippen LogP contribution in [-0.4, -0.2) is 31.1 Å². The lowest BCUT2D eigenvalue weighted by molar-refractivity contribution is 0.241. The standard InChI is InChI=1S/C20H24Cl2N2/c1-2-15-4-6-16(7-5-15)20(24-12-3-10-23-11-13-24)18-9-8-17(21)14-19(18)22/h4-9,14,20,23H,2-3,10-13H2,1H3. The van der Waals surface area contributed by atoms with E-state index in [1.165, 1.54) is 11.1 Å². The average molecular weight is 363 g/mol. The molecule has 0 radical (unpaired) electrons. The van der Waals surface area contributed by atoms with E-state index in [0.717, 1.165) is 49.6 Å². The van der Waals surface area contributed by atoms with E-state index in [9.17, 15) is 0 Å². The number of nitrogens with zero attached hydrogens (tertiary/aromatic N) is 1. The second kappa shape index (κ2) is 8.35. The second-order valence-electron chi connectivity index (χ2n) is 6.30. The highest BCUT2D eigenvalue weighted by atomic mass is 35.5. The van der Waals surface area contributed by atoms with Crippen LogP contribution in [0.3, 0.4) is 0 Å². The molecule has 2 nitrogen and oxygen atoms in total. The molecule has 0 bridgehead atoms. The van der Waals surface area contributed by atoms with Gasteiger partial charge in [-0.15, -0.1) is 0 Å². The van der Waals surface area contributed by atoms with Crippen molar-refractivity contribution in [1.29, 1.82) is 0 Å². The molecule has 1 N–H and O–H groups in total. The Labute approximate surface area is 154 Å². The lowest BCUT2D eigenvalue weighted by Crippen LogP contribution is -2.33. The summed E-state index contributed by atoms with van der Waals surface area (Å²) in [6, 6.07) is 15.0. The van der Waals surface area contributed by atoms with Gasteiger partial charge in [0.15, 0.2) is 0 Å². The molecular weight excluding hydrogens is 339 g/mol. The molecule has 3 rings (SSSR count). The predicted molar refractivity (Wildman–Crippen MR) is 103 cm³/mol. The van der Waals surface area contributed by atoms with Gasteiger partial charge in [0.2, 0.25) is 0 Å². The van der Waals surface area contributed by atoms with E-state index in [1.807, 2.05) is 12.1 Å². The minimum absolute atomic E-state index is 0.167. The average Bonchev–Trinajstić information content (AvgIpc) is 2.87. The van der Waals surface area contributed by atoms with Crippen LogP contribution in [0.1, 0.15) is 36.1 Å². The third-order valence-electron chi connectivity index (χ3n) is 4.70. The smallest absolute Gasteiger partial charge is 0.0616 e. The molecule has 0 aromatic heterocycles. The molecule has 2 aromatic rings. The van der Waals surface area contributed by atoms with E-state index >= 15 is 0 Å². The highest BCUT2D eigenvalue weighted by Crippen LogP contribution is 2.35. The quantitative estimate of drug-likeness (QED) is 0.828. The van der Waals surface area contributed by atoms with Crippen molar-refractivity contribution in [3.05, 3.63) is 69.2 Å². The van der Waals surface area contributed by atoms with Crippen LogP contribution in [0.25, 0.3) is 0 Å². The van der Waals surface area contributed by atoms with Crippen molar-refractivity contribution in [2.75, 3.05) is 26.2 Å². The van der Waals surface area contributed by atoms with Crippen LogP contribution in [-0.2, 0) is 6.42 Å². The minimum Gasteiger partial charge on any atom is -0.315 e. The summed E-state index contributed by atoms with van der Waals surface area (Å²) in [5.41, 5.74) is 3.78. The number of halogens is 2. The van der Waals surface area contributed by atoms with Crippen molar-refractivity contribution in [3.63, 3.8) is 0 Å². The number of benzene rings is 2. The molecule has 1 atom stereocenters. The monoisotopic (exact) mass is 362 g/mol. The number of rotatable bonds is 4. The van der Waals surface area contributed by atoms with E-state index < -0.39 is 0 Å². The first kappa shape index (κ1) is 17.8. The summed E-state index contributed by atoms with van der Waals surface area (Å²) in [5.74, 6) is 0. The molecule has 0 aliphatic carbocycles. The van der Waals surface area contributed by atoms with Gasteiger partial charge < -0.3 is 5.32 Å². The second-order valence-corrected chi connectivity index (χ2v) is 7.15. The first-order valence-corrected chi connectivity index (χ1v) is 9.43. The molecule has 4 heteroatoms. The van der Waals surface area contributed by atoms with Gasteiger partial charge in [0.25, 0.3) is 0 Å². The van der Waals surface area contributed by atoms with Crippen molar-refractivity contribution < 1.29 is 0 Å². The fourth-order valence-electron chi connectivity index (χ4n) is 3.37. The SMILES string of the molecule is CCc1ccc(C(c2ccc(Cl)cc2Cl)N2CCCNCC2)cc1. The normalized spacial score (nSPS) is 17.5. The molecule has 1 heterocycles. The first-order chi connectivity index (χ1) is 11.7.